The summed E-state index contributed by atoms with van der Waals surface area (Å²) >= 11 is 0. The van der Waals surface area contributed by atoms with Crippen LogP contribution in [0.2, 0.25) is 0 Å². The number of aromatic nitrogens is 1. The quantitative estimate of drug-likeness (QED) is 0.837. The number of nitrogens with zero attached hydrogens (tertiary/aromatic N) is 2. The lowest BCUT2D eigenvalue weighted by atomic mass is 10.1. The van der Waals surface area contributed by atoms with Crippen LogP contribution in [0.5, 0.6) is 0 Å². The highest BCUT2D eigenvalue weighted by Gasteiger charge is 2.25. The molecule has 1 aromatic rings. The fraction of sp³-hybridized carbons (Fsp3) is 0.538. The molecule has 0 radical (unpaired) electrons. The van der Waals surface area contributed by atoms with Gasteiger partial charge in [0.25, 0.3) is 0 Å². The summed E-state index contributed by atoms with van der Waals surface area (Å²) in [5.41, 5.74) is 7.58. The molecule has 0 bridgehead atoms. The highest BCUT2D eigenvalue weighted by Crippen LogP contribution is 2.16. The van der Waals surface area contributed by atoms with E-state index < -0.39 is 0 Å². The van der Waals surface area contributed by atoms with E-state index in [2.05, 4.69) is 4.98 Å². The molecule has 17 heavy (non-hydrogen) atoms. The van der Waals surface area contributed by atoms with Crippen molar-refractivity contribution in [1.82, 2.24) is 9.88 Å². The summed E-state index contributed by atoms with van der Waals surface area (Å²) in [4.78, 5) is 18.2. The number of carbonyl (C=O) groups excluding carboxylic acids is 1. The molecule has 1 unspecified atom stereocenters. The molecule has 4 nitrogen and oxygen atoms in total. The Bertz CT molecular complexity index is 405. The van der Waals surface area contributed by atoms with Gasteiger partial charge < -0.3 is 10.6 Å². The van der Waals surface area contributed by atoms with Crippen LogP contribution < -0.4 is 5.73 Å². The number of likely N-dealkylation sites (tertiary alicyclic amines) is 1. The van der Waals surface area contributed by atoms with Crippen LogP contribution in [0.3, 0.4) is 0 Å². The van der Waals surface area contributed by atoms with Crippen LogP contribution in [0.4, 0.5) is 0 Å². The van der Waals surface area contributed by atoms with Gasteiger partial charge in [-0.2, -0.15) is 0 Å². The Morgan fingerprint density at radius 3 is 3.12 bits per heavy atom. The first kappa shape index (κ1) is 12.0. The fourth-order valence-electron chi connectivity index (χ4n) is 2.21. The van der Waals surface area contributed by atoms with E-state index in [1.165, 1.54) is 0 Å². The zero-order valence-corrected chi connectivity index (χ0v) is 10.2. The third-order valence-electron chi connectivity index (χ3n) is 3.41. The molecule has 0 saturated carbocycles. The van der Waals surface area contributed by atoms with Gasteiger partial charge in [0.05, 0.1) is 12.1 Å². The normalized spacial score (nSPS) is 19.6. The van der Waals surface area contributed by atoms with Gasteiger partial charge in [-0.3, -0.25) is 9.78 Å². The molecule has 2 rings (SSSR count). The average Bonchev–Trinajstić information content (AvgIpc) is 2.81. The minimum absolute atomic E-state index is 0.169. The van der Waals surface area contributed by atoms with Gasteiger partial charge in [0.2, 0.25) is 5.91 Å². The van der Waals surface area contributed by atoms with Gasteiger partial charge in [-0.1, -0.05) is 6.07 Å². The molecule has 1 fully saturated rings. The Hall–Kier alpha value is -1.42. The number of hydrogen-bond donors (Lipinski definition) is 1. The molecule has 0 spiro atoms. The van der Waals surface area contributed by atoms with E-state index >= 15 is 0 Å². The van der Waals surface area contributed by atoms with Crippen LogP contribution >= 0.6 is 0 Å². The Kier molecular flexibility index (Phi) is 3.74. The van der Waals surface area contributed by atoms with Gasteiger partial charge in [0.15, 0.2) is 0 Å². The molecule has 1 aliphatic rings. The van der Waals surface area contributed by atoms with Crippen molar-refractivity contribution in [1.29, 1.82) is 0 Å². The highest BCUT2D eigenvalue weighted by molar-refractivity contribution is 5.78. The van der Waals surface area contributed by atoms with Crippen LogP contribution in [0, 0.1) is 12.8 Å². The van der Waals surface area contributed by atoms with Crippen molar-refractivity contribution in [2.75, 3.05) is 19.6 Å². The topological polar surface area (TPSA) is 59.2 Å². The summed E-state index contributed by atoms with van der Waals surface area (Å²) in [5, 5.41) is 0. The molecular weight excluding hydrogens is 214 g/mol. The molecule has 1 atom stereocenters. The van der Waals surface area contributed by atoms with Crippen molar-refractivity contribution in [2.45, 2.75) is 19.8 Å². The Morgan fingerprint density at radius 1 is 1.65 bits per heavy atom. The molecule has 92 valence electrons. The number of aryl methyl sites for hydroxylation is 1. The maximum absolute atomic E-state index is 12.1. The standard InChI is InChI=1S/C13H19N3O/c1-10-3-2-5-15-12(10)7-13(17)16-6-4-11(8-14)9-16/h2-3,5,11H,4,6-9,14H2,1H3. The maximum atomic E-state index is 12.1. The van der Waals surface area contributed by atoms with Crippen LogP contribution in [0.15, 0.2) is 18.3 Å². The molecule has 4 heteroatoms. The zero-order valence-electron chi connectivity index (χ0n) is 10.2. The molecule has 0 aromatic carbocycles. The van der Waals surface area contributed by atoms with Gasteiger partial charge in [-0.15, -0.1) is 0 Å². The second kappa shape index (κ2) is 5.27. The molecule has 1 aliphatic heterocycles. The molecule has 0 aliphatic carbocycles. The summed E-state index contributed by atoms with van der Waals surface area (Å²) in [6.07, 6.45) is 3.18. The van der Waals surface area contributed by atoms with Gasteiger partial charge in [0.1, 0.15) is 0 Å². The van der Waals surface area contributed by atoms with E-state index in [4.69, 9.17) is 5.73 Å². The SMILES string of the molecule is Cc1cccnc1CC(=O)N1CCC(CN)C1. The van der Waals surface area contributed by atoms with Crippen molar-refractivity contribution in [3.05, 3.63) is 29.6 Å². The van der Waals surface area contributed by atoms with Crippen molar-refractivity contribution in [2.24, 2.45) is 11.7 Å². The maximum Gasteiger partial charge on any atom is 0.228 e. The lowest BCUT2D eigenvalue weighted by Gasteiger charge is -2.16. The van der Waals surface area contributed by atoms with Crippen molar-refractivity contribution >= 4 is 5.91 Å². The lowest BCUT2D eigenvalue weighted by molar-refractivity contribution is -0.129. The second-order valence-electron chi connectivity index (χ2n) is 4.67. The second-order valence-corrected chi connectivity index (χ2v) is 4.67. The molecule has 2 heterocycles. The van der Waals surface area contributed by atoms with Crippen molar-refractivity contribution in [3.63, 3.8) is 0 Å². The van der Waals surface area contributed by atoms with E-state index in [-0.39, 0.29) is 5.91 Å². The van der Waals surface area contributed by atoms with Crippen LogP contribution in [0.1, 0.15) is 17.7 Å². The highest BCUT2D eigenvalue weighted by atomic mass is 16.2. The molecule has 1 amide bonds. The molecule has 1 saturated heterocycles. The van der Waals surface area contributed by atoms with E-state index in [0.29, 0.717) is 18.9 Å². The summed E-state index contributed by atoms with van der Waals surface area (Å²) < 4.78 is 0. The summed E-state index contributed by atoms with van der Waals surface area (Å²) in [7, 11) is 0. The minimum atomic E-state index is 0.169. The first-order valence-electron chi connectivity index (χ1n) is 6.09. The van der Waals surface area contributed by atoms with Gasteiger partial charge in [-0.25, -0.2) is 0 Å². The van der Waals surface area contributed by atoms with Crippen LogP contribution in [-0.4, -0.2) is 35.4 Å². The zero-order chi connectivity index (χ0) is 12.3. The number of amides is 1. The predicted molar refractivity (Wildman–Crippen MR) is 66.4 cm³/mol. The fourth-order valence-corrected chi connectivity index (χ4v) is 2.21. The summed E-state index contributed by atoms with van der Waals surface area (Å²) in [5.74, 6) is 0.645. The number of hydrogen-bond acceptors (Lipinski definition) is 3. The lowest BCUT2D eigenvalue weighted by Crippen LogP contribution is -2.31. The number of pyridine rings is 1. The van der Waals surface area contributed by atoms with Crippen molar-refractivity contribution in [3.8, 4) is 0 Å². The summed E-state index contributed by atoms with van der Waals surface area (Å²) in [6, 6.07) is 3.88. The first-order chi connectivity index (χ1) is 8.20. The molecule has 2 N–H and O–H groups in total. The van der Waals surface area contributed by atoms with E-state index in [1.807, 2.05) is 24.0 Å². The third kappa shape index (κ3) is 2.82. The minimum Gasteiger partial charge on any atom is -0.342 e. The Labute approximate surface area is 102 Å². The van der Waals surface area contributed by atoms with Crippen LogP contribution in [0.25, 0.3) is 0 Å². The number of nitrogens with two attached hydrogens (primary N) is 1. The van der Waals surface area contributed by atoms with Crippen molar-refractivity contribution < 1.29 is 4.79 Å². The average molecular weight is 233 g/mol. The van der Waals surface area contributed by atoms with Gasteiger partial charge in [0, 0.05) is 19.3 Å². The molecular formula is C13H19N3O. The monoisotopic (exact) mass is 233 g/mol. The Morgan fingerprint density at radius 2 is 2.47 bits per heavy atom. The largest absolute Gasteiger partial charge is 0.342 e. The number of rotatable bonds is 3. The molecule has 1 aromatic heterocycles. The van der Waals surface area contributed by atoms with Crippen LogP contribution in [-0.2, 0) is 11.2 Å². The van der Waals surface area contributed by atoms with Gasteiger partial charge >= 0.3 is 0 Å². The summed E-state index contributed by atoms with van der Waals surface area (Å²) in [6.45, 7) is 4.31. The predicted octanol–water partition coefficient (Wildman–Crippen LogP) is 0.740. The van der Waals surface area contributed by atoms with Gasteiger partial charge in [-0.05, 0) is 37.4 Å². The third-order valence-corrected chi connectivity index (χ3v) is 3.41. The smallest absolute Gasteiger partial charge is 0.228 e. The van der Waals surface area contributed by atoms with E-state index in [1.54, 1.807) is 6.20 Å². The van der Waals surface area contributed by atoms with E-state index in [9.17, 15) is 4.79 Å². The number of carbonyl (C=O) groups is 1. The van der Waals surface area contributed by atoms with E-state index in [0.717, 1.165) is 30.8 Å². The Balaban J connectivity index is 1.96. The first-order valence-corrected chi connectivity index (χ1v) is 6.09.